The molecule has 1 aliphatic rings. The molecular weight excluding hydrogens is 300 g/mol. The first-order valence-electron chi connectivity index (χ1n) is 7.00. The Morgan fingerprint density at radius 3 is 2.58 bits per heavy atom. The minimum Gasteiger partial charge on any atom is -0.367 e. The van der Waals surface area contributed by atoms with Gasteiger partial charge in [0.05, 0.1) is 6.07 Å². The standard InChI is InChI=1S/C16H21BrN2/c1-12(2)13-6-8-16(11-18,9-7-13)19-15-5-3-4-14(17)10-15/h3-5,10,12-13,19H,6-9H2,1-2H3. The molecule has 0 atom stereocenters. The lowest BCUT2D eigenvalue weighted by molar-refractivity contribution is 0.239. The number of nitriles is 1. The van der Waals surface area contributed by atoms with E-state index in [1.165, 1.54) is 0 Å². The minimum absolute atomic E-state index is 0.383. The van der Waals surface area contributed by atoms with E-state index in [2.05, 4.69) is 41.2 Å². The molecule has 1 aliphatic carbocycles. The van der Waals surface area contributed by atoms with Crippen LogP contribution < -0.4 is 5.32 Å². The van der Waals surface area contributed by atoms with Gasteiger partial charge >= 0.3 is 0 Å². The Kier molecular flexibility index (Phi) is 4.52. The van der Waals surface area contributed by atoms with Crippen LogP contribution in [-0.4, -0.2) is 5.54 Å². The number of benzene rings is 1. The predicted octanol–water partition coefficient (Wildman–Crippen LogP) is 4.97. The van der Waals surface area contributed by atoms with Crippen LogP contribution in [0.2, 0.25) is 0 Å². The van der Waals surface area contributed by atoms with Crippen molar-refractivity contribution >= 4 is 21.6 Å². The van der Waals surface area contributed by atoms with Crippen molar-refractivity contribution in [3.63, 3.8) is 0 Å². The summed E-state index contributed by atoms with van der Waals surface area (Å²) in [6.45, 7) is 4.57. The van der Waals surface area contributed by atoms with E-state index < -0.39 is 0 Å². The number of hydrogen-bond acceptors (Lipinski definition) is 2. The van der Waals surface area contributed by atoms with Crippen LogP contribution in [0.3, 0.4) is 0 Å². The summed E-state index contributed by atoms with van der Waals surface area (Å²) in [4.78, 5) is 0. The molecule has 0 heterocycles. The van der Waals surface area contributed by atoms with Gasteiger partial charge in [-0.1, -0.05) is 35.8 Å². The molecule has 0 aliphatic heterocycles. The van der Waals surface area contributed by atoms with Crippen molar-refractivity contribution in [3.05, 3.63) is 28.7 Å². The van der Waals surface area contributed by atoms with Crippen LogP contribution in [0.25, 0.3) is 0 Å². The second-order valence-corrected chi connectivity index (χ2v) is 6.83. The molecule has 0 amide bonds. The third-order valence-corrected chi connectivity index (χ3v) is 4.74. The first-order chi connectivity index (χ1) is 9.04. The Hall–Kier alpha value is -1.01. The van der Waals surface area contributed by atoms with Crippen molar-refractivity contribution in [2.24, 2.45) is 11.8 Å². The SMILES string of the molecule is CC(C)C1CCC(C#N)(Nc2cccc(Br)c2)CC1. The van der Waals surface area contributed by atoms with E-state index in [0.717, 1.165) is 47.7 Å². The number of nitrogens with zero attached hydrogens (tertiary/aromatic N) is 1. The average molecular weight is 321 g/mol. The number of hydrogen-bond donors (Lipinski definition) is 1. The second-order valence-electron chi connectivity index (χ2n) is 5.91. The average Bonchev–Trinajstić information content (AvgIpc) is 2.39. The summed E-state index contributed by atoms with van der Waals surface area (Å²) in [7, 11) is 0. The van der Waals surface area contributed by atoms with Gasteiger partial charge < -0.3 is 5.32 Å². The third kappa shape index (κ3) is 3.51. The van der Waals surface area contributed by atoms with E-state index in [1.54, 1.807) is 0 Å². The Labute approximate surface area is 124 Å². The fourth-order valence-corrected chi connectivity index (χ4v) is 3.31. The number of halogens is 1. The molecular formula is C16H21BrN2. The maximum Gasteiger partial charge on any atom is 0.125 e. The van der Waals surface area contributed by atoms with Crippen LogP contribution in [0.5, 0.6) is 0 Å². The molecule has 1 N–H and O–H groups in total. The molecule has 1 fully saturated rings. The lowest BCUT2D eigenvalue weighted by atomic mass is 9.73. The Morgan fingerprint density at radius 1 is 1.37 bits per heavy atom. The molecule has 0 unspecified atom stereocenters. The van der Waals surface area contributed by atoms with Crippen LogP contribution in [0, 0.1) is 23.2 Å². The molecule has 2 nitrogen and oxygen atoms in total. The van der Waals surface area contributed by atoms with Gasteiger partial charge in [0.15, 0.2) is 0 Å². The lowest BCUT2D eigenvalue weighted by Gasteiger charge is -2.37. The highest BCUT2D eigenvalue weighted by Crippen LogP contribution is 2.37. The van der Waals surface area contributed by atoms with Crippen molar-refractivity contribution in [3.8, 4) is 6.07 Å². The predicted molar refractivity (Wildman–Crippen MR) is 82.9 cm³/mol. The zero-order chi connectivity index (χ0) is 13.9. The summed E-state index contributed by atoms with van der Waals surface area (Å²) in [6, 6.07) is 10.6. The van der Waals surface area contributed by atoms with Crippen LogP contribution in [0.1, 0.15) is 39.5 Å². The first kappa shape index (κ1) is 14.4. The number of rotatable bonds is 3. The van der Waals surface area contributed by atoms with E-state index >= 15 is 0 Å². The van der Waals surface area contributed by atoms with Gasteiger partial charge in [-0.2, -0.15) is 5.26 Å². The van der Waals surface area contributed by atoms with Gasteiger partial charge in [-0.25, -0.2) is 0 Å². The Bertz CT molecular complexity index is 468. The Morgan fingerprint density at radius 2 is 2.05 bits per heavy atom. The largest absolute Gasteiger partial charge is 0.367 e. The summed E-state index contributed by atoms with van der Waals surface area (Å²) in [5.74, 6) is 1.49. The van der Waals surface area contributed by atoms with Crippen LogP contribution >= 0.6 is 15.9 Å². The maximum absolute atomic E-state index is 9.57. The van der Waals surface area contributed by atoms with Gasteiger partial charge in [0.1, 0.15) is 5.54 Å². The van der Waals surface area contributed by atoms with Crippen LogP contribution in [0.4, 0.5) is 5.69 Å². The van der Waals surface area contributed by atoms with Gasteiger partial charge in [0, 0.05) is 10.2 Å². The van der Waals surface area contributed by atoms with Crippen molar-refractivity contribution in [1.29, 1.82) is 5.26 Å². The van der Waals surface area contributed by atoms with Gasteiger partial charge in [0.2, 0.25) is 0 Å². The summed E-state index contributed by atoms with van der Waals surface area (Å²) in [5.41, 5.74) is 0.644. The summed E-state index contributed by atoms with van der Waals surface area (Å²) < 4.78 is 1.04. The fourth-order valence-electron chi connectivity index (χ4n) is 2.91. The van der Waals surface area contributed by atoms with Gasteiger partial charge in [-0.15, -0.1) is 0 Å². The third-order valence-electron chi connectivity index (χ3n) is 4.25. The molecule has 2 rings (SSSR count). The first-order valence-corrected chi connectivity index (χ1v) is 7.79. The molecule has 1 aromatic rings. The van der Waals surface area contributed by atoms with Gasteiger partial charge in [-0.05, 0) is 55.7 Å². The zero-order valence-electron chi connectivity index (χ0n) is 11.6. The van der Waals surface area contributed by atoms with Crippen molar-refractivity contribution in [2.75, 3.05) is 5.32 Å². The van der Waals surface area contributed by atoms with Gasteiger partial charge in [-0.3, -0.25) is 0 Å². The lowest BCUT2D eigenvalue weighted by Crippen LogP contribution is -2.41. The van der Waals surface area contributed by atoms with Crippen molar-refractivity contribution < 1.29 is 0 Å². The molecule has 0 spiro atoms. The molecule has 3 heteroatoms. The highest BCUT2D eigenvalue weighted by Gasteiger charge is 2.36. The number of anilines is 1. The minimum atomic E-state index is -0.383. The molecule has 19 heavy (non-hydrogen) atoms. The fraction of sp³-hybridized carbons (Fsp3) is 0.562. The highest BCUT2D eigenvalue weighted by molar-refractivity contribution is 9.10. The smallest absolute Gasteiger partial charge is 0.125 e. The maximum atomic E-state index is 9.57. The molecule has 1 saturated carbocycles. The van der Waals surface area contributed by atoms with Crippen molar-refractivity contribution in [2.45, 2.75) is 45.1 Å². The molecule has 0 radical (unpaired) electrons. The second kappa shape index (κ2) is 5.96. The zero-order valence-corrected chi connectivity index (χ0v) is 13.2. The summed E-state index contributed by atoms with van der Waals surface area (Å²) in [6.07, 6.45) is 4.18. The molecule has 0 saturated heterocycles. The van der Waals surface area contributed by atoms with E-state index in [0.29, 0.717) is 0 Å². The topological polar surface area (TPSA) is 35.8 Å². The molecule has 0 aromatic heterocycles. The monoisotopic (exact) mass is 320 g/mol. The van der Waals surface area contributed by atoms with Crippen LogP contribution in [-0.2, 0) is 0 Å². The van der Waals surface area contributed by atoms with E-state index in [-0.39, 0.29) is 5.54 Å². The molecule has 102 valence electrons. The van der Waals surface area contributed by atoms with E-state index in [1.807, 2.05) is 24.3 Å². The van der Waals surface area contributed by atoms with Gasteiger partial charge in [0.25, 0.3) is 0 Å². The number of nitrogens with one attached hydrogen (secondary N) is 1. The van der Waals surface area contributed by atoms with Crippen LogP contribution in [0.15, 0.2) is 28.7 Å². The quantitative estimate of drug-likeness (QED) is 0.853. The van der Waals surface area contributed by atoms with E-state index in [9.17, 15) is 5.26 Å². The molecule has 0 bridgehead atoms. The molecule has 1 aromatic carbocycles. The Balaban J connectivity index is 2.07. The summed E-state index contributed by atoms with van der Waals surface area (Å²) >= 11 is 3.47. The van der Waals surface area contributed by atoms with Crippen molar-refractivity contribution in [1.82, 2.24) is 0 Å². The summed E-state index contributed by atoms with van der Waals surface area (Å²) in [5, 5.41) is 13.0. The normalized spacial score (nSPS) is 27.0. The highest BCUT2D eigenvalue weighted by atomic mass is 79.9. The van der Waals surface area contributed by atoms with E-state index in [4.69, 9.17) is 0 Å².